The van der Waals surface area contributed by atoms with E-state index >= 15 is 0 Å². The summed E-state index contributed by atoms with van der Waals surface area (Å²) in [7, 11) is 0. The minimum atomic E-state index is 0.349. The van der Waals surface area contributed by atoms with E-state index in [2.05, 4.69) is 36.2 Å². The van der Waals surface area contributed by atoms with Gasteiger partial charge >= 0.3 is 0 Å². The topological polar surface area (TPSA) is 12.9 Å². The molecule has 0 bridgehead atoms. The fraction of sp³-hybridized carbons (Fsp3) is 0.312. The first kappa shape index (κ1) is 14.4. The zero-order chi connectivity index (χ0) is 13.7. The molecule has 0 unspecified atom stereocenters. The molecule has 0 N–H and O–H groups in total. The van der Waals surface area contributed by atoms with Gasteiger partial charge in [0.1, 0.15) is 5.15 Å². The molecule has 3 heteroatoms. The van der Waals surface area contributed by atoms with Gasteiger partial charge in [-0.15, -0.1) is 0 Å². The number of aromatic nitrogens is 1. The Morgan fingerprint density at radius 3 is 2.37 bits per heavy atom. The Labute approximate surface area is 124 Å². The van der Waals surface area contributed by atoms with Crippen molar-refractivity contribution < 1.29 is 0 Å². The van der Waals surface area contributed by atoms with E-state index in [-0.39, 0.29) is 0 Å². The van der Waals surface area contributed by atoms with Crippen LogP contribution < -0.4 is 0 Å². The van der Waals surface area contributed by atoms with Crippen LogP contribution in [0, 0.1) is 0 Å². The maximum Gasteiger partial charge on any atom is 0.147 e. The van der Waals surface area contributed by atoms with Crippen LogP contribution in [0.1, 0.15) is 31.7 Å². The zero-order valence-corrected chi connectivity index (χ0v) is 12.5. The molecular formula is C16H17Cl2N. The van der Waals surface area contributed by atoms with Crippen molar-refractivity contribution >= 4 is 23.2 Å². The van der Waals surface area contributed by atoms with E-state index in [1.54, 1.807) is 6.20 Å². The molecule has 0 aliphatic carbocycles. The van der Waals surface area contributed by atoms with E-state index in [1.165, 1.54) is 24.8 Å². The van der Waals surface area contributed by atoms with Gasteiger partial charge in [-0.05, 0) is 30.0 Å². The van der Waals surface area contributed by atoms with Gasteiger partial charge in [0, 0.05) is 11.8 Å². The molecule has 2 rings (SSSR count). The van der Waals surface area contributed by atoms with Crippen molar-refractivity contribution in [3.63, 3.8) is 0 Å². The minimum Gasteiger partial charge on any atom is -0.242 e. The van der Waals surface area contributed by atoms with Gasteiger partial charge in [0.05, 0.1) is 5.02 Å². The molecular weight excluding hydrogens is 277 g/mol. The summed E-state index contributed by atoms with van der Waals surface area (Å²) >= 11 is 11.8. The molecule has 0 saturated heterocycles. The normalized spacial score (nSPS) is 10.7. The predicted octanol–water partition coefficient (Wildman–Crippen LogP) is 5.79. The van der Waals surface area contributed by atoms with Crippen molar-refractivity contribution in [3.05, 3.63) is 52.3 Å². The van der Waals surface area contributed by atoms with Crippen molar-refractivity contribution in [2.45, 2.75) is 32.6 Å². The lowest BCUT2D eigenvalue weighted by molar-refractivity contribution is 0.717. The van der Waals surface area contributed by atoms with E-state index in [1.807, 2.05) is 6.07 Å². The Balaban J connectivity index is 2.11. The van der Waals surface area contributed by atoms with E-state index in [0.29, 0.717) is 10.2 Å². The molecule has 0 saturated carbocycles. The third-order valence-corrected chi connectivity index (χ3v) is 3.84. The number of hydrogen-bond acceptors (Lipinski definition) is 1. The Morgan fingerprint density at radius 1 is 1.00 bits per heavy atom. The number of nitrogens with zero attached hydrogens (tertiary/aromatic N) is 1. The Hall–Kier alpha value is -1.05. The molecule has 0 aliphatic rings. The molecule has 0 spiro atoms. The molecule has 1 aromatic carbocycles. The van der Waals surface area contributed by atoms with Crippen LogP contribution in [0.4, 0.5) is 0 Å². The maximum atomic E-state index is 5.99. The number of rotatable bonds is 5. The molecule has 1 heterocycles. The van der Waals surface area contributed by atoms with Crippen LogP contribution in [0.2, 0.25) is 10.2 Å². The summed E-state index contributed by atoms with van der Waals surface area (Å²) in [6.45, 7) is 2.22. The Kier molecular flexibility index (Phi) is 5.24. The van der Waals surface area contributed by atoms with Crippen LogP contribution in [-0.2, 0) is 6.42 Å². The summed E-state index contributed by atoms with van der Waals surface area (Å²) in [5.74, 6) is 0. The molecule has 1 aromatic heterocycles. The van der Waals surface area contributed by atoms with Gasteiger partial charge < -0.3 is 0 Å². The maximum absolute atomic E-state index is 5.99. The number of aryl methyl sites for hydroxylation is 1. The first-order chi connectivity index (χ1) is 9.20. The highest BCUT2D eigenvalue weighted by Gasteiger charge is 2.03. The summed E-state index contributed by atoms with van der Waals surface area (Å²) < 4.78 is 0. The summed E-state index contributed by atoms with van der Waals surface area (Å²) in [5.41, 5.74) is 3.49. The van der Waals surface area contributed by atoms with Crippen LogP contribution in [0.5, 0.6) is 0 Å². The smallest absolute Gasteiger partial charge is 0.147 e. The van der Waals surface area contributed by atoms with E-state index in [0.717, 1.165) is 17.5 Å². The molecule has 0 amide bonds. The van der Waals surface area contributed by atoms with E-state index in [9.17, 15) is 0 Å². The van der Waals surface area contributed by atoms with Crippen LogP contribution in [0.25, 0.3) is 11.1 Å². The third kappa shape index (κ3) is 3.95. The Bertz CT molecular complexity index is 535. The summed E-state index contributed by atoms with van der Waals surface area (Å²) in [6.07, 6.45) is 6.70. The van der Waals surface area contributed by atoms with Gasteiger partial charge in [-0.2, -0.15) is 0 Å². The highest BCUT2D eigenvalue weighted by molar-refractivity contribution is 6.41. The largest absolute Gasteiger partial charge is 0.242 e. The van der Waals surface area contributed by atoms with Crippen molar-refractivity contribution in [1.82, 2.24) is 4.98 Å². The summed E-state index contributed by atoms with van der Waals surface area (Å²) in [6, 6.07) is 10.4. The number of benzene rings is 1. The van der Waals surface area contributed by atoms with Crippen molar-refractivity contribution in [3.8, 4) is 11.1 Å². The standard InChI is InChI=1S/C16H17Cl2N/c1-2-3-4-5-12-6-8-13(9-7-12)14-10-15(17)16(18)19-11-14/h6-11H,2-5H2,1H3. The van der Waals surface area contributed by atoms with Crippen LogP contribution >= 0.6 is 23.2 Å². The lowest BCUT2D eigenvalue weighted by Gasteiger charge is -2.05. The average Bonchev–Trinajstić information content (AvgIpc) is 2.43. The Morgan fingerprint density at radius 2 is 1.74 bits per heavy atom. The average molecular weight is 294 g/mol. The monoisotopic (exact) mass is 293 g/mol. The van der Waals surface area contributed by atoms with E-state index < -0.39 is 0 Å². The SMILES string of the molecule is CCCCCc1ccc(-c2cnc(Cl)c(Cl)c2)cc1. The van der Waals surface area contributed by atoms with Gasteiger partial charge in [0.15, 0.2) is 0 Å². The van der Waals surface area contributed by atoms with Gasteiger partial charge in [-0.1, -0.05) is 67.2 Å². The first-order valence-electron chi connectivity index (χ1n) is 6.61. The van der Waals surface area contributed by atoms with Crippen molar-refractivity contribution in [2.24, 2.45) is 0 Å². The summed E-state index contributed by atoms with van der Waals surface area (Å²) in [4.78, 5) is 4.07. The van der Waals surface area contributed by atoms with Crippen molar-refractivity contribution in [1.29, 1.82) is 0 Å². The molecule has 100 valence electrons. The molecule has 0 radical (unpaired) electrons. The zero-order valence-electron chi connectivity index (χ0n) is 11.0. The predicted molar refractivity (Wildman–Crippen MR) is 82.9 cm³/mol. The van der Waals surface area contributed by atoms with Crippen molar-refractivity contribution in [2.75, 3.05) is 0 Å². The van der Waals surface area contributed by atoms with Crippen LogP contribution in [-0.4, -0.2) is 4.98 Å². The van der Waals surface area contributed by atoms with E-state index in [4.69, 9.17) is 23.2 Å². The minimum absolute atomic E-state index is 0.349. The second-order valence-electron chi connectivity index (χ2n) is 4.65. The van der Waals surface area contributed by atoms with Gasteiger partial charge in [0.2, 0.25) is 0 Å². The second kappa shape index (κ2) is 6.93. The van der Waals surface area contributed by atoms with Crippen LogP contribution in [0.3, 0.4) is 0 Å². The van der Waals surface area contributed by atoms with Gasteiger partial charge in [-0.3, -0.25) is 0 Å². The van der Waals surface area contributed by atoms with Crippen LogP contribution in [0.15, 0.2) is 36.5 Å². The molecule has 0 aliphatic heterocycles. The van der Waals surface area contributed by atoms with Gasteiger partial charge in [0.25, 0.3) is 0 Å². The quantitative estimate of drug-likeness (QED) is 0.502. The molecule has 19 heavy (non-hydrogen) atoms. The summed E-state index contributed by atoms with van der Waals surface area (Å²) in [5, 5.41) is 0.841. The molecule has 0 fully saturated rings. The molecule has 1 nitrogen and oxygen atoms in total. The lowest BCUT2D eigenvalue weighted by Crippen LogP contribution is -1.87. The lowest BCUT2D eigenvalue weighted by atomic mass is 10.0. The number of hydrogen-bond donors (Lipinski definition) is 0. The fourth-order valence-electron chi connectivity index (χ4n) is 2.02. The first-order valence-corrected chi connectivity index (χ1v) is 7.36. The highest BCUT2D eigenvalue weighted by Crippen LogP contribution is 2.26. The van der Waals surface area contributed by atoms with Gasteiger partial charge in [-0.25, -0.2) is 4.98 Å². The number of halogens is 2. The number of pyridine rings is 1. The molecule has 2 aromatic rings. The fourth-order valence-corrected chi connectivity index (χ4v) is 2.29. The molecule has 0 atom stereocenters. The second-order valence-corrected chi connectivity index (χ2v) is 5.42. The third-order valence-electron chi connectivity index (χ3n) is 3.15. The highest BCUT2D eigenvalue weighted by atomic mass is 35.5. The number of unbranched alkanes of at least 4 members (excludes halogenated alkanes) is 2.